The Balaban J connectivity index is 3.13. The van der Waals surface area contributed by atoms with Crippen molar-refractivity contribution in [1.29, 1.82) is 0 Å². The Bertz CT molecular complexity index is 238. The summed E-state index contributed by atoms with van der Waals surface area (Å²) in [7, 11) is 0. The summed E-state index contributed by atoms with van der Waals surface area (Å²) in [6.45, 7) is 3.06. The molecule has 0 fully saturated rings. The molecule has 0 heterocycles. The molecule has 1 atom stereocenters. The average Bonchev–Trinajstić information content (AvgIpc) is 2.56. The molecule has 0 aliphatic heterocycles. The van der Waals surface area contributed by atoms with Crippen LogP contribution in [0, 0.1) is 0 Å². The van der Waals surface area contributed by atoms with Crippen molar-refractivity contribution in [3.05, 3.63) is 12.2 Å². The van der Waals surface area contributed by atoms with Crippen molar-refractivity contribution in [1.82, 2.24) is 0 Å². The zero-order chi connectivity index (χ0) is 17.0. The van der Waals surface area contributed by atoms with Crippen LogP contribution in [0.15, 0.2) is 12.2 Å². The van der Waals surface area contributed by atoms with Gasteiger partial charge in [0, 0.05) is 6.04 Å². The highest BCUT2D eigenvalue weighted by Gasteiger charge is 2.01. The number of nitrogens with two attached hydrogens (primary N) is 2. The third-order valence-corrected chi connectivity index (χ3v) is 4.62. The smallest absolute Gasteiger partial charge is 0.00392 e. The first-order valence-corrected chi connectivity index (χ1v) is 10.4. The van der Waals surface area contributed by atoms with E-state index in [9.17, 15) is 0 Å². The lowest BCUT2D eigenvalue weighted by molar-refractivity contribution is 0.504. The lowest BCUT2D eigenvalue weighted by atomic mass is 10.0. The van der Waals surface area contributed by atoms with Crippen molar-refractivity contribution in [2.45, 2.75) is 116 Å². The first kappa shape index (κ1) is 22.7. The van der Waals surface area contributed by atoms with Crippen LogP contribution in [0.2, 0.25) is 0 Å². The van der Waals surface area contributed by atoms with Crippen molar-refractivity contribution in [2.24, 2.45) is 11.5 Å². The largest absolute Gasteiger partial charge is 0.330 e. The van der Waals surface area contributed by atoms with Gasteiger partial charge in [-0.3, -0.25) is 0 Å². The molecule has 0 aromatic carbocycles. The normalized spacial score (nSPS) is 13.0. The Labute approximate surface area is 146 Å². The maximum Gasteiger partial charge on any atom is 0.00392 e. The van der Waals surface area contributed by atoms with Crippen LogP contribution in [0.25, 0.3) is 0 Å². The second kappa shape index (κ2) is 19.7. The molecule has 0 saturated carbocycles. The van der Waals surface area contributed by atoms with E-state index in [-0.39, 0.29) is 0 Å². The quantitative estimate of drug-likeness (QED) is 0.237. The van der Waals surface area contributed by atoms with Crippen LogP contribution in [0.5, 0.6) is 0 Å². The molecule has 2 heteroatoms. The average molecular weight is 325 g/mol. The summed E-state index contributed by atoms with van der Waals surface area (Å²) >= 11 is 0. The predicted octanol–water partition coefficient (Wildman–Crippen LogP) is 6.09. The van der Waals surface area contributed by atoms with Gasteiger partial charge in [-0.25, -0.2) is 0 Å². The fourth-order valence-electron chi connectivity index (χ4n) is 3.00. The Morgan fingerprint density at radius 2 is 1.13 bits per heavy atom. The first-order valence-electron chi connectivity index (χ1n) is 10.4. The molecule has 0 aliphatic rings. The highest BCUT2D eigenvalue weighted by molar-refractivity contribution is 4.81. The van der Waals surface area contributed by atoms with Crippen LogP contribution < -0.4 is 11.5 Å². The van der Waals surface area contributed by atoms with E-state index in [4.69, 9.17) is 11.5 Å². The van der Waals surface area contributed by atoms with Crippen molar-refractivity contribution in [3.63, 3.8) is 0 Å². The molecule has 0 radical (unpaired) electrons. The fraction of sp³-hybridized carbons (Fsp3) is 0.905. The SMILES string of the molecule is CCCCCCCC/C=C\CCCCCCCC(N)CCCN. The summed E-state index contributed by atoms with van der Waals surface area (Å²) in [5.74, 6) is 0. The van der Waals surface area contributed by atoms with Crippen molar-refractivity contribution >= 4 is 0 Å². The highest BCUT2D eigenvalue weighted by Crippen LogP contribution is 2.11. The van der Waals surface area contributed by atoms with E-state index in [1.165, 1.54) is 89.9 Å². The van der Waals surface area contributed by atoms with Gasteiger partial charge in [0.25, 0.3) is 0 Å². The summed E-state index contributed by atoms with van der Waals surface area (Å²) in [4.78, 5) is 0. The van der Waals surface area contributed by atoms with Crippen molar-refractivity contribution in [3.8, 4) is 0 Å². The molecule has 0 spiro atoms. The van der Waals surface area contributed by atoms with Gasteiger partial charge in [0.1, 0.15) is 0 Å². The first-order chi connectivity index (χ1) is 11.3. The van der Waals surface area contributed by atoms with Gasteiger partial charge < -0.3 is 11.5 Å². The van der Waals surface area contributed by atoms with Gasteiger partial charge in [-0.15, -0.1) is 0 Å². The van der Waals surface area contributed by atoms with Gasteiger partial charge in [-0.2, -0.15) is 0 Å². The number of hydrogen-bond acceptors (Lipinski definition) is 2. The van der Waals surface area contributed by atoms with Crippen LogP contribution in [-0.2, 0) is 0 Å². The molecule has 0 aromatic rings. The van der Waals surface area contributed by atoms with Crippen LogP contribution >= 0.6 is 0 Å². The molecule has 0 rings (SSSR count). The molecule has 0 saturated heterocycles. The van der Waals surface area contributed by atoms with Crippen molar-refractivity contribution < 1.29 is 0 Å². The maximum atomic E-state index is 6.05. The Hall–Kier alpha value is -0.340. The predicted molar refractivity (Wildman–Crippen MR) is 106 cm³/mol. The fourth-order valence-corrected chi connectivity index (χ4v) is 3.00. The van der Waals surface area contributed by atoms with Gasteiger partial charge in [0.2, 0.25) is 0 Å². The minimum atomic E-state index is 0.378. The number of rotatable bonds is 18. The molecule has 1 unspecified atom stereocenters. The van der Waals surface area contributed by atoms with E-state index in [0.717, 1.165) is 19.4 Å². The molecule has 4 N–H and O–H groups in total. The van der Waals surface area contributed by atoms with Crippen LogP contribution in [0.1, 0.15) is 110 Å². The maximum absolute atomic E-state index is 6.05. The second-order valence-electron chi connectivity index (χ2n) is 7.06. The summed E-state index contributed by atoms with van der Waals surface area (Å²) in [6, 6.07) is 0.378. The zero-order valence-electron chi connectivity index (χ0n) is 15.9. The molecular weight excluding hydrogens is 280 g/mol. The van der Waals surface area contributed by atoms with E-state index in [1.807, 2.05) is 0 Å². The Morgan fingerprint density at radius 3 is 1.70 bits per heavy atom. The Kier molecular flexibility index (Phi) is 19.4. The van der Waals surface area contributed by atoms with Gasteiger partial charge in [0.15, 0.2) is 0 Å². The summed E-state index contributed by atoms with van der Waals surface area (Å²) in [6.07, 6.45) is 25.8. The summed E-state index contributed by atoms with van der Waals surface area (Å²) in [5, 5.41) is 0. The number of unbranched alkanes of at least 4 members (excludes halogenated alkanes) is 11. The molecule has 0 amide bonds. The monoisotopic (exact) mass is 324 g/mol. The lowest BCUT2D eigenvalue weighted by Gasteiger charge is -2.10. The van der Waals surface area contributed by atoms with E-state index < -0.39 is 0 Å². The van der Waals surface area contributed by atoms with Crippen LogP contribution in [0.4, 0.5) is 0 Å². The Morgan fingerprint density at radius 1 is 0.652 bits per heavy atom. The summed E-state index contributed by atoms with van der Waals surface area (Å²) in [5.41, 5.74) is 11.6. The van der Waals surface area contributed by atoms with E-state index >= 15 is 0 Å². The van der Waals surface area contributed by atoms with Crippen LogP contribution in [-0.4, -0.2) is 12.6 Å². The molecule has 138 valence electrons. The van der Waals surface area contributed by atoms with Gasteiger partial charge >= 0.3 is 0 Å². The minimum Gasteiger partial charge on any atom is -0.330 e. The van der Waals surface area contributed by atoms with Gasteiger partial charge in [-0.1, -0.05) is 76.9 Å². The second-order valence-corrected chi connectivity index (χ2v) is 7.06. The minimum absolute atomic E-state index is 0.378. The molecule has 0 aromatic heterocycles. The van der Waals surface area contributed by atoms with E-state index in [2.05, 4.69) is 19.1 Å². The number of allylic oxidation sites excluding steroid dienone is 2. The molecular formula is C21H44N2. The van der Waals surface area contributed by atoms with E-state index in [0.29, 0.717) is 6.04 Å². The zero-order valence-corrected chi connectivity index (χ0v) is 15.9. The third-order valence-electron chi connectivity index (χ3n) is 4.62. The molecule has 2 nitrogen and oxygen atoms in total. The van der Waals surface area contributed by atoms with E-state index in [1.54, 1.807) is 0 Å². The van der Waals surface area contributed by atoms with Gasteiger partial charge in [-0.05, 0) is 51.5 Å². The molecule has 0 aliphatic carbocycles. The van der Waals surface area contributed by atoms with Crippen molar-refractivity contribution in [2.75, 3.05) is 6.54 Å². The third kappa shape index (κ3) is 19.6. The molecule has 23 heavy (non-hydrogen) atoms. The summed E-state index contributed by atoms with van der Waals surface area (Å²) < 4.78 is 0. The highest BCUT2D eigenvalue weighted by atomic mass is 14.6. The number of hydrogen-bond donors (Lipinski definition) is 2. The topological polar surface area (TPSA) is 52.0 Å². The molecule has 0 bridgehead atoms. The van der Waals surface area contributed by atoms with Crippen LogP contribution in [0.3, 0.4) is 0 Å². The van der Waals surface area contributed by atoms with Gasteiger partial charge in [0.05, 0.1) is 0 Å². The lowest BCUT2D eigenvalue weighted by Crippen LogP contribution is -2.20. The standard InChI is InChI=1S/C21H44N2/c1-2-3-4-5-6-7-8-9-10-11-12-13-14-15-16-18-21(23)19-17-20-22/h9-10,21H,2-8,11-20,22-23H2,1H3/b10-9-.